The Morgan fingerprint density at radius 3 is 2.50 bits per heavy atom. The van der Waals surface area contributed by atoms with Gasteiger partial charge in [-0.25, -0.2) is 4.79 Å². The molecule has 0 aromatic heterocycles. The zero-order valence-electron chi connectivity index (χ0n) is 21.9. The molecule has 0 amide bonds. The van der Waals surface area contributed by atoms with Crippen molar-refractivity contribution in [3.8, 4) is 0 Å². The number of rotatable bonds is 2. The van der Waals surface area contributed by atoms with Crippen LogP contribution < -0.4 is 0 Å². The zero-order valence-corrected chi connectivity index (χ0v) is 21.9. The Bertz CT molecular complexity index is 830. The molecule has 34 heavy (non-hydrogen) atoms. The molecule has 190 valence electrons. The molecule has 4 saturated carbocycles. The summed E-state index contributed by atoms with van der Waals surface area (Å²) in [6.45, 7) is 14.4. The third-order valence-electron chi connectivity index (χ3n) is 12.3. The van der Waals surface area contributed by atoms with Crippen molar-refractivity contribution in [2.45, 2.75) is 110 Å². The maximum absolute atomic E-state index is 11.8. The van der Waals surface area contributed by atoms with Crippen LogP contribution in [-0.2, 0) is 19.0 Å². The van der Waals surface area contributed by atoms with Crippen molar-refractivity contribution in [3.63, 3.8) is 0 Å². The van der Waals surface area contributed by atoms with Gasteiger partial charge in [0.05, 0.1) is 12.7 Å². The highest BCUT2D eigenvalue weighted by molar-refractivity contribution is 5.81. The second kappa shape index (κ2) is 8.07. The topological polar surface area (TPSA) is 44.8 Å². The van der Waals surface area contributed by atoms with E-state index in [9.17, 15) is 4.79 Å². The van der Waals surface area contributed by atoms with Gasteiger partial charge < -0.3 is 14.2 Å². The number of hydrogen-bond donors (Lipinski definition) is 0. The van der Waals surface area contributed by atoms with Crippen molar-refractivity contribution in [1.82, 2.24) is 0 Å². The minimum Gasteiger partial charge on any atom is -0.459 e. The van der Waals surface area contributed by atoms with E-state index in [1.54, 1.807) is 0 Å². The van der Waals surface area contributed by atoms with Gasteiger partial charge in [-0.3, -0.25) is 0 Å². The van der Waals surface area contributed by atoms with Gasteiger partial charge in [-0.15, -0.1) is 0 Å². The monoisotopic (exact) mass is 470 g/mol. The van der Waals surface area contributed by atoms with E-state index >= 15 is 0 Å². The van der Waals surface area contributed by atoms with Crippen LogP contribution in [0.15, 0.2) is 12.7 Å². The minimum atomic E-state index is -0.308. The summed E-state index contributed by atoms with van der Waals surface area (Å²) in [7, 11) is 0. The first kappa shape index (κ1) is 23.5. The third-order valence-corrected chi connectivity index (χ3v) is 12.3. The molecule has 2 saturated heterocycles. The Hall–Kier alpha value is -0.870. The molecule has 4 aliphatic carbocycles. The average molecular weight is 471 g/mol. The van der Waals surface area contributed by atoms with E-state index in [0.29, 0.717) is 40.6 Å². The van der Waals surface area contributed by atoms with Crippen LogP contribution in [0, 0.1) is 52.3 Å². The number of hydrogen-bond acceptors (Lipinski definition) is 4. The smallest absolute Gasteiger partial charge is 0.330 e. The predicted molar refractivity (Wildman–Crippen MR) is 132 cm³/mol. The number of carbonyl (C=O) groups excluding carboxylic acids is 1. The first-order valence-electron chi connectivity index (χ1n) is 14.3. The van der Waals surface area contributed by atoms with Crippen molar-refractivity contribution in [2.75, 3.05) is 6.61 Å². The van der Waals surface area contributed by atoms with Gasteiger partial charge in [-0.2, -0.15) is 0 Å². The van der Waals surface area contributed by atoms with E-state index in [1.165, 1.54) is 51.0 Å². The molecule has 0 bridgehead atoms. The molecule has 12 unspecified atom stereocenters. The molecule has 0 aromatic rings. The summed E-state index contributed by atoms with van der Waals surface area (Å²) in [5.74, 6) is 4.36. The summed E-state index contributed by atoms with van der Waals surface area (Å²) < 4.78 is 19.1. The average Bonchev–Trinajstić information content (AvgIpc) is 3.26. The molecule has 12 atom stereocenters. The maximum Gasteiger partial charge on any atom is 0.330 e. The molecule has 0 N–H and O–H groups in total. The highest BCUT2D eigenvalue weighted by atomic mass is 16.7. The van der Waals surface area contributed by atoms with Gasteiger partial charge in [0, 0.05) is 18.4 Å². The molecule has 2 heterocycles. The normalized spacial score (nSPS) is 56.2. The molecular formula is C30H46O4. The first-order chi connectivity index (χ1) is 16.2. The van der Waals surface area contributed by atoms with Crippen LogP contribution in [0.5, 0.6) is 0 Å². The molecule has 1 spiro atoms. The van der Waals surface area contributed by atoms with Crippen molar-refractivity contribution >= 4 is 5.97 Å². The first-order valence-corrected chi connectivity index (χ1v) is 14.3. The summed E-state index contributed by atoms with van der Waals surface area (Å²) in [5, 5.41) is 0. The summed E-state index contributed by atoms with van der Waals surface area (Å²) in [6, 6.07) is 0. The van der Waals surface area contributed by atoms with E-state index in [0.717, 1.165) is 43.6 Å². The van der Waals surface area contributed by atoms with Crippen LogP contribution >= 0.6 is 0 Å². The van der Waals surface area contributed by atoms with Crippen molar-refractivity contribution < 1.29 is 19.0 Å². The predicted octanol–water partition coefficient (Wildman–Crippen LogP) is 6.53. The molecule has 6 fully saturated rings. The van der Waals surface area contributed by atoms with E-state index in [4.69, 9.17) is 14.2 Å². The molecule has 0 aromatic carbocycles. The Kier molecular flexibility index (Phi) is 5.58. The fourth-order valence-corrected chi connectivity index (χ4v) is 10.6. The Morgan fingerprint density at radius 2 is 1.76 bits per heavy atom. The van der Waals surface area contributed by atoms with Gasteiger partial charge >= 0.3 is 5.97 Å². The molecule has 6 rings (SSSR count). The number of esters is 1. The maximum atomic E-state index is 11.8. The van der Waals surface area contributed by atoms with Gasteiger partial charge in [0.25, 0.3) is 0 Å². The number of fused-ring (bicyclic) bond motifs is 7. The van der Waals surface area contributed by atoms with Gasteiger partial charge in [-0.05, 0) is 104 Å². The van der Waals surface area contributed by atoms with E-state index in [1.807, 2.05) is 0 Å². The molecule has 4 nitrogen and oxygen atoms in total. The fraction of sp³-hybridized carbons (Fsp3) is 0.900. The quantitative estimate of drug-likeness (QED) is 0.340. The SMILES string of the molecule is C=CC(=O)OC1CCC2(C)C(CCC3C2CCC2(C)C3CC3OC4(CCC(C)CO4)C(C)C32)C1. The summed E-state index contributed by atoms with van der Waals surface area (Å²) in [6.07, 6.45) is 14.0. The lowest BCUT2D eigenvalue weighted by Crippen LogP contribution is -2.55. The van der Waals surface area contributed by atoms with Crippen LogP contribution in [0.4, 0.5) is 0 Å². The number of carbonyl (C=O) groups is 1. The van der Waals surface area contributed by atoms with Gasteiger partial charge in [-0.1, -0.05) is 34.3 Å². The minimum absolute atomic E-state index is 0.0865. The zero-order chi connectivity index (χ0) is 23.9. The summed E-state index contributed by atoms with van der Waals surface area (Å²) in [5.41, 5.74) is 0.788. The largest absolute Gasteiger partial charge is 0.459 e. The molecule has 2 aliphatic heterocycles. The van der Waals surface area contributed by atoms with Crippen LogP contribution in [-0.4, -0.2) is 30.6 Å². The molecular weight excluding hydrogens is 424 g/mol. The van der Waals surface area contributed by atoms with E-state index < -0.39 is 0 Å². The van der Waals surface area contributed by atoms with Crippen molar-refractivity contribution in [2.24, 2.45) is 52.3 Å². The van der Waals surface area contributed by atoms with E-state index in [2.05, 4.69) is 34.3 Å². The molecule has 4 heteroatoms. The van der Waals surface area contributed by atoms with Gasteiger partial charge in [0.15, 0.2) is 5.79 Å². The standard InChI is InChI=1S/C30H46O4/c1-6-26(31)33-21-10-12-28(4)20(15-21)7-8-22-23(28)11-13-29(5)24(22)16-25-27(29)19(3)30(34-25)14-9-18(2)17-32-30/h6,18-25,27H,1,7-17H2,2-5H3. The van der Waals surface area contributed by atoms with Crippen LogP contribution in [0.25, 0.3) is 0 Å². The molecule has 6 aliphatic rings. The Labute approximate surface area is 206 Å². The fourth-order valence-electron chi connectivity index (χ4n) is 10.6. The van der Waals surface area contributed by atoms with Crippen LogP contribution in [0.1, 0.15) is 91.9 Å². The lowest BCUT2D eigenvalue weighted by atomic mass is 9.44. The highest BCUT2D eigenvalue weighted by Gasteiger charge is 2.69. The molecule has 0 radical (unpaired) electrons. The van der Waals surface area contributed by atoms with Crippen LogP contribution in [0.3, 0.4) is 0 Å². The van der Waals surface area contributed by atoms with Crippen molar-refractivity contribution in [1.29, 1.82) is 0 Å². The van der Waals surface area contributed by atoms with Gasteiger partial charge in [0.1, 0.15) is 6.10 Å². The summed E-state index contributed by atoms with van der Waals surface area (Å²) >= 11 is 0. The second-order valence-corrected chi connectivity index (χ2v) is 13.7. The van der Waals surface area contributed by atoms with Gasteiger partial charge in [0.2, 0.25) is 0 Å². The van der Waals surface area contributed by atoms with Crippen LogP contribution in [0.2, 0.25) is 0 Å². The summed E-state index contributed by atoms with van der Waals surface area (Å²) in [4.78, 5) is 11.8. The highest BCUT2D eigenvalue weighted by Crippen LogP contribution is 2.71. The van der Waals surface area contributed by atoms with E-state index in [-0.39, 0.29) is 17.9 Å². The lowest BCUT2D eigenvalue weighted by Gasteiger charge is -2.61. The van der Waals surface area contributed by atoms with Crippen molar-refractivity contribution in [3.05, 3.63) is 12.7 Å². The third kappa shape index (κ3) is 3.26. The Balaban J connectivity index is 1.19. The second-order valence-electron chi connectivity index (χ2n) is 13.7. The Morgan fingerprint density at radius 1 is 0.971 bits per heavy atom. The number of ether oxygens (including phenoxy) is 3. The lowest BCUT2D eigenvalue weighted by molar-refractivity contribution is -0.273.